The fraction of sp³-hybridized carbons (Fsp3) is 0.300. The number of benzene rings is 2. The van der Waals surface area contributed by atoms with Crippen LogP contribution in [0.15, 0.2) is 48.7 Å². The van der Waals surface area contributed by atoms with Gasteiger partial charge >= 0.3 is 12.1 Å². The molecule has 0 unspecified atom stereocenters. The minimum atomic E-state index is -4.40. The maximum absolute atomic E-state index is 12.7. The van der Waals surface area contributed by atoms with Crippen LogP contribution in [-0.4, -0.2) is 28.0 Å². The molecule has 0 saturated carbocycles. The lowest BCUT2D eigenvalue weighted by atomic mass is 10.2. The van der Waals surface area contributed by atoms with Crippen LogP contribution in [0.25, 0.3) is 16.6 Å². The molecule has 3 rings (SSSR count). The van der Waals surface area contributed by atoms with Crippen molar-refractivity contribution in [3.05, 3.63) is 54.2 Å². The van der Waals surface area contributed by atoms with Gasteiger partial charge in [-0.05, 0) is 57.2 Å². The highest BCUT2D eigenvalue weighted by atomic mass is 19.4. The van der Waals surface area contributed by atoms with Crippen LogP contribution in [0.5, 0.6) is 5.75 Å². The first kappa shape index (κ1) is 19.7. The molecule has 5 nitrogen and oxygen atoms in total. The van der Waals surface area contributed by atoms with Crippen LogP contribution in [0.4, 0.5) is 13.2 Å². The number of hydrogen-bond donors (Lipinski definition) is 0. The minimum Gasteiger partial charge on any atom is -0.481 e. The summed E-state index contributed by atoms with van der Waals surface area (Å²) in [5, 5.41) is 4.87. The van der Waals surface area contributed by atoms with Crippen molar-refractivity contribution in [1.82, 2.24) is 9.78 Å². The highest BCUT2D eigenvalue weighted by molar-refractivity contribution is 5.86. The van der Waals surface area contributed by atoms with Crippen LogP contribution >= 0.6 is 0 Å². The number of carbonyl (C=O) groups excluding carboxylic acids is 1. The van der Waals surface area contributed by atoms with E-state index in [1.807, 2.05) is 0 Å². The molecule has 8 heteroatoms. The van der Waals surface area contributed by atoms with Gasteiger partial charge in [0.15, 0.2) is 6.61 Å². The lowest BCUT2D eigenvalue weighted by molar-refractivity contribution is -0.157. The molecule has 0 radical (unpaired) electrons. The minimum absolute atomic E-state index is 0.262. The summed E-state index contributed by atoms with van der Waals surface area (Å²) in [6, 6.07) is 9.88. The molecule has 1 heterocycles. The highest BCUT2D eigenvalue weighted by Crippen LogP contribution is 2.31. The number of alkyl halides is 3. The van der Waals surface area contributed by atoms with Gasteiger partial charge in [0.05, 0.1) is 28.4 Å². The molecule has 0 aliphatic rings. The molecule has 0 amide bonds. The molecular weight excluding hydrogens is 373 g/mol. The predicted molar refractivity (Wildman–Crippen MR) is 97.4 cm³/mol. The van der Waals surface area contributed by atoms with E-state index >= 15 is 0 Å². The monoisotopic (exact) mass is 392 g/mol. The van der Waals surface area contributed by atoms with Gasteiger partial charge in [0.25, 0.3) is 0 Å². The summed E-state index contributed by atoms with van der Waals surface area (Å²) < 4.78 is 50.5. The largest absolute Gasteiger partial charge is 0.481 e. The smallest absolute Gasteiger partial charge is 0.416 e. The molecule has 0 saturated heterocycles. The maximum Gasteiger partial charge on any atom is 0.416 e. The van der Waals surface area contributed by atoms with Gasteiger partial charge in [0.1, 0.15) is 11.4 Å². The second kappa shape index (κ2) is 7.18. The second-order valence-corrected chi connectivity index (χ2v) is 7.17. The van der Waals surface area contributed by atoms with Crippen molar-refractivity contribution < 1.29 is 27.4 Å². The van der Waals surface area contributed by atoms with Crippen molar-refractivity contribution in [1.29, 1.82) is 0 Å². The molecule has 0 aliphatic carbocycles. The third-order valence-electron chi connectivity index (χ3n) is 3.78. The maximum atomic E-state index is 12.7. The average molecular weight is 392 g/mol. The molecule has 0 spiro atoms. The van der Waals surface area contributed by atoms with E-state index < -0.39 is 23.3 Å². The average Bonchev–Trinajstić information content (AvgIpc) is 3.02. The third-order valence-corrected chi connectivity index (χ3v) is 3.78. The van der Waals surface area contributed by atoms with E-state index in [0.29, 0.717) is 22.3 Å². The molecule has 148 valence electrons. The summed E-state index contributed by atoms with van der Waals surface area (Å²) in [6.07, 6.45) is -2.86. The molecule has 0 atom stereocenters. The van der Waals surface area contributed by atoms with E-state index in [0.717, 1.165) is 12.1 Å². The molecule has 0 fully saturated rings. The van der Waals surface area contributed by atoms with Crippen molar-refractivity contribution in [3.8, 4) is 11.4 Å². The van der Waals surface area contributed by atoms with E-state index in [9.17, 15) is 18.0 Å². The lowest BCUT2D eigenvalue weighted by Gasteiger charge is -2.19. The van der Waals surface area contributed by atoms with Crippen LogP contribution in [-0.2, 0) is 15.7 Å². The normalized spacial score (nSPS) is 12.2. The van der Waals surface area contributed by atoms with E-state index in [-0.39, 0.29) is 6.61 Å². The van der Waals surface area contributed by atoms with Crippen molar-refractivity contribution in [2.75, 3.05) is 6.61 Å². The number of fused-ring (bicyclic) bond motifs is 1. The fourth-order valence-electron chi connectivity index (χ4n) is 2.66. The number of aromatic nitrogens is 2. The quantitative estimate of drug-likeness (QED) is 0.601. The van der Waals surface area contributed by atoms with Gasteiger partial charge in [0.2, 0.25) is 0 Å². The van der Waals surface area contributed by atoms with Gasteiger partial charge in [-0.1, -0.05) is 6.07 Å². The number of carbonyl (C=O) groups is 1. The standard InChI is InChI=1S/C20H19F3N2O3/c1-19(2,3)28-18(26)12-27-17-6-4-5-16-15(17)11-24-25(16)14-9-7-13(8-10-14)20(21,22)23/h4-11H,12H2,1-3H3. The molecule has 0 N–H and O–H groups in total. The zero-order valence-corrected chi connectivity index (χ0v) is 15.6. The van der Waals surface area contributed by atoms with E-state index in [2.05, 4.69) is 5.10 Å². The zero-order chi connectivity index (χ0) is 20.5. The van der Waals surface area contributed by atoms with E-state index in [1.54, 1.807) is 39.0 Å². The van der Waals surface area contributed by atoms with Crippen LogP contribution < -0.4 is 4.74 Å². The van der Waals surface area contributed by atoms with Crippen molar-refractivity contribution in [2.45, 2.75) is 32.5 Å². The Morgan fingerprint density at radius 1 is 1.07 bits per heavy atom. The first-order valence-electron chi connectivity index (χ1n) is 8.54. The lowest BCUT2D eigenvalue weighted by Crippen LogP contribution is -2.27. The molecule has 1 aromatic heterocycles. The van der Waals surface area contributed by atoms with Crippen molar-refractivity contribution >= 4 is 16.9 Å². The molecule has 3 aromatic rings. The van der Waals surface area contributed by atoms with Gasteiger partial charge < -0.3 is 9.47 Å². The fourth-order valence-corrected chi connectivity index (χ4v) is 2.66. The Morgan fingerprint density at radius 2 is 1.75 bits per heavy atom. The summed E-state index contributed by atoms with van der Waals surface area (Å²) in [6.45, 7) is 5.03. The second-order valence-electron chi connectivity index (χ2n) is 7.17. The van der Waals surface area contributed by atoms with Crippen LogP contribution in [0.2, 0.25) is 0 Å². The summed E-state index contributed by atoms with van der Waals surface area (Å²) in [5.74, 6) is -0.0684. The first-order chi connectivity index (χ1) is 13.0. The van der Waals surface area contributed by atoms with E-state index in [4.69, 9.17) is 9.47 Å². The zero-order valence-electron chi connectivity index (χ0n) is 15.6. The molecule has 0 bridgehead atoms. The predicted octanol–water partition coefficient (Wildman–Crippen LogP) is 4.76. The number of rotatable bonds is 4. The number of hydrogen-bond acceptors (Lipinski definition) is 4. The van der Waals surface area contributed by atoms with Gasteiger partial charge in [-0.3, -0.25) is 0 Å². The van der Waals surface area contributed by atoms with Crippen LogP contribution in [0, 0.1) is 0 Å². The highest BCUT2D eigenvalue weighted by Gasteiger charge is 2.30. The number of esters is 1. The van der Waals surface area contributed by atoms with Crippen molar-refractivity contribution in [3.63, 3.8) is 0 Å². The summed E-state index contributed by atoms with van der Waals surface area (Å²) in [7, 11) is 0. The Kier molecular flexibility index (Phi) is 5.06. The molecule has 2 aromatic carbocycles. The van der Waals surface area contributed by atoms with Crippen LogP contribution in [0.3, 0.4) is 0 Å². The Balaban J connectivity index is 1.84. The van der Waals surface area contributed by atoms with E-state index in [1.165, 1.54) is 23.0 Å². The van der Waals surface area contributed by atoms with Crippen LogP contribution in [0.1, 0.15) is 26.3 Å². The van der Waals surface area contributed by atoms with Gasteiger partial charge in [-0.25, -0.2) is 9.48 Å². The summed E-state index contributed by atoms with van der Waals surface area (Å²) in [5.41, 5.74) is -0.220. The Bertz CT molecular complexity index is 987. The molecular formula is C20H19F3N2O3. The first-order valence-corrected chi connectivity index (χ1v) is 8.54. The van der Waals surface area contributed by atoms with Gasteiger partial charge in [-0.15, -0.1) is 0 Å². The summed E-state index contributed by atoms with van der Waals surface area (Å²) >= 11 is 0. The Morgan fingerprint density at radius 3 is 2.36 bits per heavy atom. The number of halogens is 3. The topological polar surface area (TPSA) is 53.4 Å². The van der Waals surface area contributed by atoms with Crippen molar-refractivity contribution in [2.24, 2.45) is 0 Å². The van der Waals surface area contributed by atoms with Gasteiger partial charge in [-0.2, -0.15) is 18.3 Å². The molecule has 0 aliphatic heterocycles. The number of ether oxygens (including phenoxy) is 2. The SMILES string of the molecule is CC(C)(C)OC(=O)COc1cccc2c1cnn2-c1ccc(C(F)(F)F)cc1. The van der Waals surface area contributed by atoms with Gasteiger partial charge in [0, 0.05) is 0 Å². The Hall–Kier alpha value is -3.03. The third kappa shape index (κ3) is 4.44. The Labute approximate surface area is 159 Å². The molecule has 28 heavy (non-hydrogen) atoms. The summed E-state index contributed by atoms with van der Waals surface area (Å²) in [4.78, 5) is 11.8. The number of nitrogens with zero attached hydrogens (tertiary/aromatic N) is 2.